The van der Waals surface area contributed by atoms with Crippen molar-refractivity contribution in [2.24, 2.45) is 5.73 Å². The van der Waals surface area contributed by atoms with Crippen LogP contribution in [-0.4, -0.2) is 18.1 Å². The van der Waals surface area contributed by atoms with Crippen molar-refractivity contribution in [1.29, 1.82) is 0 Å². The van der Waals surface area contributed by atoms with E-state index in [1.165, 1.54) is 11.3 Å². The van der Waals surface area contributed by atoms with Gasteiger partial charge in [0.05, 0.1) is 17.2 Å². The smallest absolute Gasteiger partial charge is 0.0898 e. The summed E-state index contributed by atoms with van der Waals surface area (Å²) in [6.07, 6.45) is 1.80. The monoisotopic (exact) mass is 323 g/mol. The molecule has 2 N–H and O–H groups in total. The Bertz CT molecular complexity index is 597. The van der Waals surface area contributed by atoms with E-state index in [0.717, 1.165) is 35.1 Å². The van der Waals surface area contributed by atoms with Crippen LogP contribution in [0, 0.1) is 6.92 Å². The fraction of sp³-hybridized carbons (Fsp3) is 0.438. The van der Waals surface area contributed by atoms with Crippen LogP contribution in [0.4, 0.5) is 5.69 Å². The van der Waals surface area contributed by atoms with Gasteiger partial charge in [-0.05, 0) is 43.5 Å². The number of halogens is 1. The van der Waals surface area contributed by atoms with E-state index in [0.29, 0.717) is 0 Å². The Morgan fingerprint density at radius 3 is 2.81 bits per heavy atom. The van der Waals surface area contributed by atoms with E-state index < -0.39 is 0 Å². The van der Waals surface area contributed by atoms with Gasteiger partial charge in [-0.3, -0.25) is 0 Å². The van der Waals surface area contributed by atoms with Crippen LogP contribution in [0.15, 0.2) is 23.6 Å². The molecular formula is C16H22ClN3S. The largest absolute Gasteiger partial charge is 0.368 e. The molecule has 0 bridgehead atoms. The van der Waals surface area contributed by atoms with Gasteiger partial charge in [-0.25, -0.2) is 4.98 Å². The molecule has 0 saturated carbocycles. The highest BCUT2D eigenvalue weighted by molar-refractivity contribution is 7.09. The van der Waals surface area contributed by atoms with Crippen molar-refractivity contribution >= 4 is 28.6 Å². The third kappa shape index (κ3) is 4.43. The third-order valence-corrected chi connectivity index (χ3v) is 4.58. The van der Waals surface area contributed by atoms with Crippen LogP contribution in [0.5, 0.6) is 0 Å². The minimum atomic E-state index is 0.164. The van der Waals surface area contributed by atoms with Crippen LogP contribution < -0.4 is 10.6 Å². The van der Waals surface area contributed by atoms with Gasteiger partial charge in [0.15, 0.2) is 0 Å². The summed E-state index contributed by atoms with van der Waals surface area (Å²) in [5, 5.41) is 3.97. The maximum atomic E-state index is 6.14. The summed E-state index contributed by atoms with van der Waals surface area (Å²) in [7, 11) is 2.08. The molecule has 0 spiro atoms. The second-order valence-electron chi connectivity index (χ2n) is 5.36. The molecule has 1 heterocycles. The molecule has 0 fully saturated rings. The fourth-order valence-electron chi connectivity index (χ4n) is 2.33. The number of nitrogens with two attached hydrogens (primary N) is 1. The number of benzene rings is 1. The van der Waals surface area contributed by atoms with Crippen molar-refractivity contribution in [1.82, 2.24) is 4.98 Å². The topological polar surface area (TPSA) is 42.1 Å². The Labute approximate surface area is 135 Å². The molecule has 0 aliphatic rings. The molecule has 114 valence electrons. The summed E-state index contributed by atoms with van der Waals surface area (Å²) < 4.78 is 0. The van der Waals surface area contributed by atoms with Crippen LogP contribution in [-0.2, 0) is 13.0 Å². The van der Waals surface area contributed by atoms with Crippen molar-refractivity contribution in [2.45, 2.75) is 39.3 Å². The molecule has 1 aromatic carbocycles. The standard InChI is InChI=1S/C16H22ClN3S/c1-4-14(18)8-12-7-13(17)5-6-16(12)20(3)9-15-10-21-11(2)19-15/h5-7,10,14H,4,8-9,18H2,1-3H3. The highest BCUT2D eigenvalue weighted by Gasteiger charge is 2.12. The van der Waals surface area contributed by atoms with Crippen molar-refractivity contribution in [3.8, 4) is 0 Å². The molecule has 2 rings (SSSR count). The maximum absolute atomic E-state index is 6.14. The third-order valence-electron chi connectivity index (χ3n) is 3.53. The van der Waals surface area contributed by atoms with Crippen molar-refractivity contribution in [3.05, 3.63) is 44.9 Å². The van der Waals surface area contributed by atoms with Gasteiger partial charge in [0, 0.05) is 29.2 Å². The highest BCUT2D eigenvalue weighted by atomic mass is 35.5. The lowest BCUT2D eigenvalue weighted by molar-refractivity contribution is 0.645. The quantitative estimate of drug-likeness (QED) is 0.873. The predicted molar refractivity (Wildman–Crippen MR) is 92.4 cm³/mol. The number of thiazole rings is 1. The second-order valence-corrected chi connectivity index (χ2v) is 6.86. The van der Waals surface area contributed by atoms with Gasteiger partial charge in [-0.1, -0.05) is 18.5 Å². The van der Waals surface area contributed by atoms with E-state index in [2.05, 4.69) is 35.3 Å². The highest BCUT2D eigenvalue weighted by Crippen LogP contribution is 2.26. The second kappa shape index (κ2) is 7.25. The number of hydrogen-bond acceptors (Lipinski definition) is 4. The summed E-state index contributed by atoms with van der Waals surface area (Å²) in [4.78, 5) is 6.74. The minimum Gasteiger partial charge on any atom is -0.368 e. The molecule has 1 unspecified atom stereocenters. The molecule has 0 radical (unpaired) electrons. The van der Waals surface area contributed by atoms with Gasteiger partial charge in [-0.15, -0.1) is 11.3 Å². The number of aromatic nitrogens is 1. The first-order valence-corrected chi connectivity index (χ1v) is 8.41. The lowest BCUT2D eigenvalue weighted by Crippen LogP contribution is -2.24. The number of anilines is 1. The first-order valence-electron chi connectivity index (χ1n) is 7.15. The molecule has 0 saturated heterocycles. The Kier molecular flexibility index (Phi) is 5.62. The SMILES string of the molecule is CCC(N)Cc1cc(Cl)ccc1N(C)Cc1csc(C)n1. The van der Waals surface area contributed by atoms with Gasteiger partial charge >= 0.3 is 0 Å². The minimum absolute atomic E-state index is 0.164. The first-order chi connectivity index (χ1) is 9.99. The molecule has 0 amide bonds. The zero-order valence-corrected chi connectivity index (χ0v) is 14.3. The molecule has 0 aliphatic carbocycles. The molecule has 1 atom stereocenters. The van der Waals surface area contributed by atoms with E-state index in [-0.39, 0.29) is 6.04 Å². The Morgan fingerprint density at radius 2 is 2.19 bits per heavy atom. The van der Waals surface area contributed by atoms with Gasteiger partial charge < -0.3 is 10.6 Å². The van der Waals surface area contributed by atoms with Crippen molar-refractivity contribution in [3.63, 3.8) is 0 Å². The van der Waals surface area contributed by atoms with Gasteiger partial charge in [0.1, 0.15) is 0 Å². The summed E-state index contributed by atoms with van der Waals surface area (Å²) in [6, 6.07) is 6.19. The van der Waals surface area contributed by atoms with Crippen LogP contribution in [0.25, 0.3) is 0 Å². The maximum Gasteiger partial charge on any atom is 0.0898 e. The molecule has 1 aromatic heterocycles. The zero-order chi connectivity index (χ0) is 15.4. The van der Waals surface area contributed by atoms with Crippen LogP contribution in [0.2, 0.25) is 5.02 Å². The summed E-state index contributed by atoms with van der Waals surface area (Å²) in [5.74, 6) is 0. The van der Waals surface area contributed by atoms with E-state index in [4.69, 9.17) is 17.3 Å². The number of rotatable bonds is 6. The molecule has 2 aromatic rings. The zero-order valence-electron chi connectivity index (χ0n) is 12.8. The summed E-state index contributed by atoms with van der Waals surface area (Å²) in [6.45, 7) is 4.93. The number of aryl methyl sites for hydroxylation is 1. The Hall–Kier alpha value is -1.10. The Balaban J connectivity index is 2.20. The molecule has 21 heavy (non-hydrogen) atoms. The lowest BCUT2D eigenvalue weighted by Gasteiger charge is -2.23. The number of hydrogen-bond donors (Lipinski definition) is 1. The first kappa shape index (κ1) is 16.3. The fourth-order valence-corrected chi connectivity index (χ4v) is 3.12. The van der Waals surface area contributed by atoms with Crippen LogP contribution in [0.1, 0.15) is 29.6 Å². The molecule has 0 aliphatic heterocycles. The predicted octanol–water partition coefficient (Wildman–Crippen LogP) is 4.02. The normalized spacial score (nSPS) is 12.4. The van der Waals surface area contributed by atoms with E-state index in [1.807, 2.05) is 19.1 Å². The molecule has 5 heteroatoms. The summed E-state index contributed by atoms with van der Waals surface area (Å²) >= 11 is 7.83. The van der Waals surface area contributed by atoms with Crippen molar-refractivity contribution in [2.75, 3.05) is 11.9 Å². The van der Waals surface area contributed by atoms with E-state index in [1.54, 1.807) is 11.3 Å². The van der Waals surface area contributed by atoms with Gasteiger partial charge in [0.25, 0.3) is 0 Å². The van der Waals surface area contributed by atoms with E-state index in [9.17, 15) is 0 Å². The number of nitrogens with zero attached hydrogens (tertiary/aromatic N) is 2. The van der Waals surface area contributed by atoms with Crippen LogP contribution in [0.3, 0.4) is 0 Å². The Morgan fingerprint density at radius 1 is 1.43 bits per heavy atom. The van der Waals surface area contributed by atoms with E-state index >= 15 is 0 Å². The lowest BCUT2D eigenvalue weighted by atomic mass is 10.0. The van der Waals surface area contributed by atoms with Crippen molar-refractivity contribution < 1.29 is 0 Å². The van der Waals surface area contributed by atoms with Crippen LogP contribution >= 0.6 is 22.9 Å². The van der Waals surface area contributed by atoms with Gasteiger partial charge in [-0.2, -0.15) is 0 Å². The van der Waals surface area contributed by atoms with Gasteiger partial charge in [0.2, 0.25) is 0 Å². The average molecular weight is 324 g/mol. The molecule has 3 nitrogen and oxygen atoms in total. The summed E-state index contributed by atoms with van der Waals surface area (Å²) in [5.41, 5.74) is 9.58. The average Bonchev–Trinajstić information content (AvgIpc) is 2.84. The molecular weight excluding hydrogens is 302 g/mol.